The zero-order chi connectivity index (χ0) is 25.5. The zero-order valence-electron chi connectivity index (χ0n) is 21.7. The molecule has 2 heterocycles. The maximum absolute atomic E-state index is 13.6. The number of fused-ring (bicyclic) bond motifs is 1. The summed E-state index contributed by atoms with van der Waals surface area (Å²) in [5.74, 6) is 0. The average molecular weight is 516 g/mol. The van der Waals surface area contributed by atoms with Crippen molar-refractivity contribution in [2.24, 2.45) is 0 Å². The molecule has 1 aliphatic heterocycles. The van der Waals surface area contributed by atoms with E-state index in [4.69, 9.17) is 11.6 Å². The minimum Gasteiger partial charge on any atom is -0.303 e. The number of likely N-dealkylation sites (tertiary alicyclic amines) is 1. The van der Waals surface area contributed by atoms with Crippen LogP contribution in [-0.2, 0) is 19.4 Å². The molecule has 1 fully saturated rings. The molecule has 0 spiro atoms. The first kappa shape index (κ1) is 25.8. The number of para-hydroxylation sites is 2. The minimum absolute atomic E-state index is 0.161. The Hall–Kier alpha value is -2.82. The standard InChI is InChI=1S/C32H38ClN3O/c33-28-18-16-27(17-19-28)13-7-9-23-35-30-14-4-5-15-31(30)36(32(35)37)29-20-24-34(25-21-29)22-8-6-12-26-10-2-1-3-11-26/h1-5,10-11,14-19,29H,6-9,12-13,20-25H2. The highest BCUT2D eigenvalue weighted by Gasteiger charge is 2.24. The molecule has 4 nitrogen and oxygen atoms in total. The normalized spacial score (nSPS) is 14.9. The highest BCUT2D eigenvalue weighted by Crippen LogP contribution is 2.26. The van der Waals surface area contributed by atoms with Crippen LogP contribution < -0.4 is 5.69 Å². The first-order valence-corrected chi connectivity index (χ1v) is 14.3. The van der Waals surface area contributed by atoms with Gasteiger partial charge < -0.3 is 4.90 Å². The number of unbranched alkanes of at least 4 members (excludes halogenated alkanes) is 2. The molecular formula is C32H38ClN3O. The molecule has 0 N–H and O–H groups in total. The number of piperidine rings is 1. The molecule has 194 valence electrons. The van der Waals surface area contributed by atoms with Gasteiger partial charge in [-0.05, 0) is 93.3 Å². The van der Waals surface area contributed by atoms with Crippen molar-refractivity contribution in [2.75, 3.05) is 19.6 Å². The van der Waals surface area contributed by atoms with Crippen molar-refractivity contribution in [3.63, 3.8) is 0 Å². The van der Waals surface area contributed by atoms with Gasteiger partial charge in [-0.1, -0.05) is 66.2 Å². The molecule has 0 amide bonds. The predicted molar refractivity (Wildman–Crippen MR) is 155 cm³/mol. The third-order valence-corrected chi connectivity index (χ3v) is 8.09. The lowest BCUT2D eigenvalue weighted by atomic mass is 10.0. The maximum Gasteiger partial charge on any atom is 0.329 e. The fraction of sp³-hybridized carbons (Fsp3) is 0.406. The van der Waals surface area contributed by atoms with Crippen LogP contribution in [0.3, 0.4) is 0 Å². The second-order valence-electron chi connectivity index (χ2n) is 10.4. The molecule has 5 heteroatoms. The number of rotatable bonds is 11. The van der Waals surface area contributed by atoms with Crippen LogP contribution in [0.15, 0.2) is 83.7 Å². The number of nitrogens with zero attached hydrogens (tertiary/aromatic N) is 3. The van der Waals surface area contributed by atoms with Crippen molar-refractivity contribution in [1.29, 1.82) is 0 Å². The molecule has 4 aromatic rings. The minimum atomic E-state index is 0.161. The van der Waals surface area contributed by atoms with Gasteiger partial charge in [0.05, 0.1) is 11.0 Å². The third-order valence-electron chi connectivity index (χ3n) is 7.83. The molecule has 37 heavy (non-hydrogen) atoms. The van der Waals surface area contributed by atoms with Crippen LogP contribution in [0.2, 0.25) is 5.02 Å². The van der Waals surface area contributed by atoms with Crippen molar-refractivity contribution in [3.8, 4) is 0 Å². The molecular weight excluding hydrogens is 478 g/mol. The van der Waals surface area contributed by atoms with E-state index in [0.717, 1.165) is 80.8 Å². The quantitative estimate of drug-likeness (QED) is 0.199. The van der Waals surface area contributed by atoms with E-state index in [1.165, 1.54) is 24.0 Å². The Morgan fingerprint density at radius 1 is 0.676 bits per heavy atom. The van der Waals surface area contributed by atoms with E-state index in [-0.39, 0.29) is 11.7 Å². The topological polar surface area (TPSA) is 30.2 Å². The van der Waals surface area contributed by atoms with Crippen molar-refractivity contribution < 1.29 is 0 Å². The Labute approximate surface area is 225 Å². The molecule has 3 aromatic carbocycles. The van der Waals surface area contributed by atoms with Crippen molar-refractivity contribution in [1.82, 2.24) is 14.0 Å². The van der Waals surface area contributed by atoms with E-state index in [0.29, 0.717) is 0 Å². The number of aromatic nitrogens is 2. The number of halogens is 1. The number of hydrogen-bond acceptors (Lipinski definition) is 2. The van der Waals surface area contributed by atoms with E-state index >= 15 is 0 Å². The van der Waals surface area contributed by atoms with Gasteiger partial charge in [-0.25, -0.2) is 4.79 Å². The smallest absolute Gasteiger partial charge is 0.303 e. The van der Waals surface area contributed by atoms with Gasteiger partial charge in [0.1, 0.15) is 0 Å². The average Bonchev–Trinajstić information content (AvgIpc) is 3.22. The van der Waals surface area contributed by atoms with Crippen LogP contribution in [0.5, 0.6) is 0 Å². The van der Waals surface area contributed by atoms with Gasteiger partial charge in [-0.2, -0.15) is 0 Å². The van der Waals surface area contributed by atoms with Crippen LogP contribution in [0.25, 0.3) is 11.0 Å². The lowest BCUT2D eigenvalue weighted by Crippen LogP contribution is -2.38. The van der Waals surface area contributed by atoms with Gasteiger partial charge in [0.25, 0.3) is 0 Å². The Kier molecular flexibility index (Phi) is 8.80. The number of hydrogen-bond donors (Lipinski definition) is 0. The maximum atomic E-state index is 13.6. The summed E-state index contributed by atoms with van der Waals surface area (Å²) in [5.41, 5.74) is 5.05. The van der Waals surface area contributed by atoms with Crippen LogP contribution in [0.1, 0.15) is 55.7 Å². The monoisotopic (exact) mass is 515 g/mol. The molecule has 5 rings (SSSR count). The number of aryl methyl sites for hydroxylation is 3. The third kappa shape index (κ3) is 6.55. The molecule has 1 aromatic heterocycles. The van der Waals surface area contributed by atoms with E-state index in [1.54, 1.807) is 0 Å². The second kappa shape index (κ2) is 12.6. The summed E-state index contributed by atoms with van der Waals surface area (Å²) >= 11 is 6.01. The number of benzene rings is 3. The largest absolute Gasteiger partial charge is 0.329 e. The molecule has 0 saturated carbocycles. The summed E-state index contributed by atoms with van der Waals surface area (Å²) in [5, 5.41) is 0.775. The highest BCUT2D eigenvalue weighted by atomic mass is 35.5. The van der Waals surface area contributed by atoms with Crippen LogP contribution in [0.4, 0.5) is 0 Å². The SMILES string of the molecule is O=c1n(CCCCc2ccc(Cl)cc2)c2ccccc2n1C1CCN(CCCCc2ccccc2)CC1. The van der Waals surface area contributed by atoms with Gasteiger partial charge in [-0.15, -0.1) is 0 Å². The van der Waals surface area contributed by atoms with Gasteiger partial charge in [0, 0.05) is 30.7 Å². The molecule has 0 aliphatic carbocycles. The summed E-state index contributed by atoms with van der Waals surface area (Å²) in [6.07, 6.45) is 8.75. The Bertz CT molecular complexity index is 1320. The first-order valence-electron chi connectivity index (χ1n) is 13.9. The van der Waals surface area contributed by atoms with Crippen molar-refractivity contribution >= 4 is 22.6 Å². The Morgan fingerprint density at radius 2 is 1.27 bits per heavy atom. The lowest BCUT2D eigenvalue weighted by molar-refractivity contribution is 0.183. The summed E-state index contributed by atoms with van der Waals surface area (Å²) in [6, 6.07) is 27.5. The summed E-state index contributed by atoms with van der Waals surface area (Å²) in [4.78, 5) is 16.2. The van der Waals surface area contributed by atoms with Gasteiger partial charge in [0.2, 0.25) is 0 Å². The Morgan fingerprint density at radius 3 is 1.97 bits per heavy atom. The fourth-order valence-electron chi connectivity index (χ4n) is 5.76. The molecule has 0 unspecified atom stereocenters. The van der Waals surface area contributed by atoms with E-state index in [1.807, 2.05) is 22.8 Å². The van der Waals surface area contributed by atoms with Gasteiger partial charge in [0.15, 0.2) is 0 Å². The van der Waals surface area contributed by atoms with E-state index in [2.05, 4.69) is 70.1 Å². The summed E-state index contributed by atoms with van der Waals surface area (Å²) < 4.78 is 4.11. The first-order chi connectivity index (χ1) is 18.2. The lowest BCUT2D eigenvalue weighted by Gasteiger charge is -2.32. The summed E-state index contributed by atoms with van der Waals surface area (Å²) in [7, 11) is 0. The van der Waals surface area contributed by atoms with Gasteiger partial charge in [-0.3, -0.25) is 9.13 Å². The molecule has 0 atom stereocenters. The number of imidazole rings is 1. The van der Waals surface area contributed by atoms with Crippen LogP contribution in [0, 0.1) is 0 Å². The predicted octanol–water partition coefficient (Wildman–Crippen LogP) is 7.14. The van der Waals surface area contributed by atoms with Crippen LogP contribution >= 0.6 is 11.6 Å². The van der Waals surface area contributed by atoms with Crippen LogP contribution in [-0.4, -0.2) is 33.7 Å². The molecule has 1 aliphatic rings. The van der Waals surface area contributed by atoms with Gasteiger partial charge >= 0.3 is 5.69 Å². The Balaban J connectivity index is 1.15. The van der Waals surface area contributed by atoms with E-state index in [9.17, 15) is 4.79 Å². The molecule has 1 saturated heterocycles. The fourth-order valence-corrected chi connectivity index (χ4v) is 5.89. The second-order valence-corrected chi connectivity index (χ2v) is 10.8. The van der Waals surface area contributed by atoms with E-state index < -0.39 is 0 Å². The van der Waals surface area contributed by atoms with Crippen molar-refractivity contribution in [3.05, 3.63) is 105 Å². The van der Waals surface area contributed by atoms with Crippen molar-refractivity contribution in [2.45, 2.75) is 64.0 Å². The zero-order valence-corrected chi connectivity index (χ0v) is 22.5. The molecule has 0 radical (unpaired) electrons. The molecule has 0 bridgehead atoms. The summed E-state index contributed by atoms with van der Waals surface area (Å²) in [6.45, 7) is 4.07. The highest BCUT2D eigenvalue weighted by molar-refractivity contribution is 6.30.